The lowest BCUT2D eigenvalue weighted by Gasteiger charge is -2.05. The summed E-state index contributed by atoms with van der Waals surface area (Å²) in [6.45, 7) is 0. The number of anilines is 2. The van der Waals surface area contributed by atoms with Gasteiger partial charge in [-0.25, -0.2) is 4.99 Å². The molecular weight excluding hydrogens is 250 g/mol. The predicted molar refractivity (Wildman–Crippen MR) is 75.2 cm³/mol. The van der Waals surface area contributed by atoms with Crippen molar-refractivity contribution < 1.29 is 0 Å². The fraction of sp³-hybridized carbons (Fsp3) is 0.167. The Kier molecular flexibility index (Phi) is 3.84. The molecule has 0 fully saturated rings. The molecule has 2 rings (SSSR count). The van der Waals surface area contributed by atoms with Gasteiger partial charge in [-0.05, 0) is 18.2 Å². The highest BCUT2D eigenvalue weighted by Crippen LogP contribution is 2.26. The molecule has 94 valence electrons. The number of rotatable bonds is 4. The number of benzene rings is 1. The minimum atomic E-state index is 0.670. The summed E-state index contributed by atoms with van der Waals surface area (Å²) >= 11 is 5.93. The smallest absolute Gasteiger partial charge is 0.173 e. The molecule has 0 spiro atoms. The van der Waals surface area contributed by atoms with Crippen LogP contribution in [0.1, 0.15) is 0 Å². The maximum Gasteiger partial charge on any atom is 0.173 e. The molecule has 2 aromatic rings. The molecule has 0 atom stereocenters. The Labute approximate surface area is 110 Å². The van der Waals surface area contributed by atoms with Crippen LogP contribution in [0.15, 0.2) is 35.5 Å². The van der Waals surface area contributed by atoms with Crippen LogP contribution in [0.2, 0.25) is 5.02 Å². The topological polar surface area (TPSA) is 56.3 Å². The lowest BCUT2D eigenvalue weighted by molar-refractivity contribution is 0.643. The largest absolute Gasteiger partial charge is 0.369 e. The molecule has 18 heavy (non-hydrogen) atoms. The third kappa shape index (κ3) is 3.24. The molecule has 1 heterocycles. The Bertz CT molecular complexity index is 547. The molecule has 1 aromatic carbocycles. The Morgan fingerprint density at radius 2 is 2.28 bits per heavy atom. The highest BCUT2D eigenvalue weighted by molar-refractivity contribution is 6.30. The summed E-state index contributed by atoms with van der Waals surface area (Å²) in [5.74, 6) is 0.670. The van der Waals surface area contributed by atoms with Gasteiger partial charge in [0.1, 0.15) is 5.69 Å². The van der Waals surface area contributed by atoms with Gasteiger partial charge in [0, 0.05) is 24.8 Å². The fourth-order valence-corrected chi connectivity index (χ4v) is 1.55. The summed E-state index contributed by atoms with van der Waals surface area (Å²) in [5, 5.41) is 10.7. The van der Waals surface area contributed by atoms with E-state index in [0.29, 0.717) is 10.8 Å². The minimum Gasteiger partial charge on any atom is -0.369 e. The Hall–Kier alpha value is -2.01. The van der Waals surface area contributed by atoms with E-state index in [2.05, 4.69) is 20.5 Å². The van der Waals surface area contributed by atoms with Crippen molar-refractivity contribution in [3.63, 3.8) is 0 Å². The fourth-order valence-electron chi connectivity index (χ4n) is 1.36. The average Bonchev–Trinajstić information content (AvgIpc) is 2.74. The normalized spacial score (nSPS) is 10.8. The number of hydrogen-bond donors (Lipinski definition) is 2. The summed E-state index contributed by atoms with van der Waals surface area (Å²) in [6.07, 6.45) is 3.39. The zero-order chi connectivity index (χ0) is 13.0. The van der Waals surface area contributed by atoms with Crippen molar-refractivity contribution in [1.82, 2.24) is 15.1 Å². The van der Waals surface area contributed by atoms with E-state index >= 15 is 0 Å². The lowest BCUT2D eigenvalue weighted by Crippen LogP contribution is -2.07. The van der Waals surface area contributed by atoms with Crippen LogP contribution >= 0.6 is 11.6 Å². The number of aliphatic imine (C=N–C) groups is 1. The van der Waals surface area contributed by atoms with Crippen molar-refractivity contribution >= 4 is 35.1 Å². The Balaban J connectivity index is 2.17. The van der Waals surface area contributed by atoms with Gasteiger partial charge in [-0.2, -0.15) is 5.10 Å². The van der Waals surface area contributed by atoms with Crippen molar-refractivity contribution in [2.45, 2.75) is 0 Å². The van der Waals surface area contributed by atoms with E-state index < -0.39 is 0 Å². The van der Waals surface area contributed by atoms with Crippen molar-refractivity contribution in [3.8, 4) is 0 Å². The summed E-state index contributed by atoms with van der Waals surface area (Å²) in [5.41, 5.74) is 1.69. The molecular formula is C12H14ClN5. The summed E-state index contributed by atoms with van der Waals surface area (Å²) in [6, 6.07) is 7.48. The van der Waals surface area contributed by atoms with Gasteiger partial charge in [0.05, 0.1) is 12.5 Å². The molecule has 0 aliphatic rings. The Morgan fingerprint density at radius 1 is 1.44 bits per heavy atom. The number of hydrogen-bond acceptors (Lipinski definition) is 3. The SMILES string of the molecule is CN(C)C=Nc1[nH]ncc1Nc1cccc(Cl)c1. The number of halogens is 1. The predicted octanol–water partition coefficient (Wildman–Crippen LogP) is 3.03. The number of aromatic amines is 1. The summed E-state index contributed by atoms with van der Waals surface area (Å²) in [4.78, 5) is 6.12. The third-order valence-electron chi connectivity index (χ3n) is 2.14. The number of aromatic nitrogens is 2. The van der Waals surface area contributed by atoms with Gasteiger partial charge in [-0.15, -0.1) is 0 Å². The Morgan fingerprint density at radius 3 is 3.00 bits per heavy atom. The van der Waals surface area contributed by atoms with E-state index in [9.17, 15) is 0 Å². The first-order chi connectivity index (χ1) is 8.65. The molecule has 0 saturated heterocycles. The zero-order valence-electron chi connectivity index (χ0n) is 10.2. The van der Waals surface area contributed by atoms with E-state index in [4.69, 9.17) is 11.6 Å². The molecule has 0 unspecified atom stereocenters. The maximum atomic E-state index is 5.93. The molecule has 0 aliphatic carbocycles. The second-order valence-corrected chi connectivity index (χ2v) is 4.41. The first-order valence-corrected chi connectivity index (χ1v) is 5.79. The van der Waals surface area contributed by atoms with E-state index in [-0.39, 0.29) is 0 Å². The second kappa shape index (κ2) is 5.55. The zero-order valence-corrected chi connectivity index (χ0v) is 10.9. The van der Waals surface area contributed by atoms with Crippen molar-refractivity contribution in [2.75, 3.05) is 19.4 Å². The van der Waals surface area contributed by atoms with Crippen LogP contribution in [0.3, 0.4) is 0 Å². The van der Waals surface area contributed by atoms with Crippen molar-refractivity contribution in [1.29, 1.82) is 0 Å². The quantitative estimate of drug-likeness (QED) is 0.659. The average molecular weight is 264 g/mol. The molecule has 0 amide bonds. The molecule has 0 bridgehead atoms. The van der Waals surface area contributed by atoms with Crippen LogP contribution in [0.25, 0.3) is 0 Å². The van der Waals surface area contributed by atoms with Gasteiger partial charge < -0.3 is 10.2 Å². The van der Waals surface area contributed by atoms with Crippen LogP contribution in [0.5, 0.6) is 0 Å². The van der Waals surface area contributed by atoms with Gasteiger partial charge in [-0.3, -0.25) is 5.10 Å². The lowest BCUT2D eigenvalue weighted by atomic mass is 10.3. The standard InChI is InChI=1S/C12H14ClN5/c1-18(2)8-14-12-11(7-15-17-12)16-10-5-3-4-9(13)6-10/h3-8,16H,1-2H3,(H,15,17). The number of H-pyrrole nitrogens is 1. The van der Waals surface area contributed by atoms with Gasteiger partial charge in [0.15, 0.2) is 5.82 Å². The van der Waals surface area contributed by atoms with E-state index in [1.165, 1.54) is 0 Å². The van der Waals surface area contributed by atoms with Gasteiger partial charge >= 0.3 is 0 Å². The maximum absolute atomic E-state index is 5.93. The summed E-state index contributed by atoms with van der Waals surface area (Å²) in [7, 11) is 3.81. The number of nitrogens with one attached hydrogen (secondary N) is 2. The van der Waals surface area contributed by atoms with Crippen LogP contribution in [0, 0.1) is 0 Å². The van der Waals surface area contributed by atoms with E-state index in [1.807, 2.05) is 43.3 Å². The molecule has 2 N–H and O–H groups in total. The molecule has 0 radical (unpaired) electrons. The monoisotopic (exact) mass is 263 g/mol. The highest BCUT2D eigenvalue weighted by Gasteiger charge is 2.03. The van der Waals surface area contributed by atoms with Crippen molar-refractivity contribution in [3.05, 3.63) is 35.5 Å². The summed E-state index contributed by atoms with van der Waals surface area (Å²) < 4.78 is 0. The molecule has 0 saturated carbocycles. The molecule has 5 nitrogen and oxygen atoms in total. The first-order valence-electron chi connectivity index (χ1n) is 5.42. The van der Waals surface area contributed by atoms with Gasteiger partial charge in [0.2, 0.25) is 0 Å². The van der Waals surface area contributed by atoms with Crippen LogP contribution in [-0.2, 0) is 0 Å². The first kappa shape index (κ1) is 12.4. The van der Waals surface area contributed by atoms with Crippen LogP contribution in [0.4, 0.5) is 17.2 Å². The minimum absolute atomic E-state index is 0.670. The van der Waals surface area contributed by atoms with E-state index in [0.717, 1.165) is 11.4 Å². The van der Waals surface area contributed by atoms with Crippen LogP contribution in [-0.4, -0.2) is 35.5 Å². The molecule has 0 aliphatic heterocycles. The van der Waals surface area contributed by atoms with Crippen LogP contribution < -0.4 is 5.32 Å². The van der Waals surface area contributed by atoms with Gasteiger partial charge in [0.25, 0.3) is 0 Å². The highest BCUT2D eigenvalue weighted by atomic mass is 35.5. The number of nitrogens with zero attached hydrogens (tertiary/aromatic N) is 3. The molecule has 1 aromatic heterocycles. The molecule has 6 heteroatoms. The third-order valence-corrected chi connectivity index (χ3v) is 2.38. The van der Waals surface area contributed by atoms with Gasteiger partial charge in [-0.1, -0.05) is 17.7 Å². The van der Waals surface area contributed by atoms with E-state index in [1.54, 1.807) is 12.5 Å². The second-order valence-electron chi connectivity index (χ2n) is 3.98. The van der Waals surface area contributed by atoms with Crippen molar-refractivity contribution in [2.24, 2.45) is 4.99 Å².